The van der Waals surface area contributed by atoms with Crippen molar-refractivity contribution in [3.63, 3.8) is 0 Å². The number of nitrogens with zero attached hydrogens (tertiary/aromatic N) is 4. The SMILES string of the molecule is Cn1c(-c2ccc(S(C)(=O)=O)cc2)nc2c(F)c(C3CCN(C4CC5CCC(C4)N5CC4CC4)CC3)ccc21. The zero-order valence-corrected chi connectivity index (χ0v) is 23.8. The molecular weight excluding hydrogens is 511 g/mol. The van der Waals surface area contributed by atoms with Crippen molar-refractivity contribution in [2.45, 2.75) is 80.3 Å². The van der Waals surface area contributed by atoms with Gasteiger partial charge in [0, 0.05) is 43.5 Å². The van der Waals surface area contributed by atoms with E-state index < -0.39 is 9.84 Å². The van der Waals surface area contributed by atoms with Crippen LogP contribution in [-0.2, 0) is 16.9 Å². The third kappa shape index (κ3) is 4.72. The first kappa shape index (κ1) is 25.7. The maximum Gasteiger partial charge on any atom is 0.175 e. The Balaban J connectivity index is 1.05. The van der Waals surface area contributed by atoms with Crippen molar-refractivity contribution in [3.8, 4) is 11.4 Å². The number of aromatic nitrogens is 2. The number of aryl methyl sites for hydroxylation is 1. The van der Waals surface area contributed by atoms with Crippen molar-refractivity contribution in [2.75, 3.05) is 25.9 Å². The Morgan fingerprint density at radius 3 is 2.18 bits per heavy atom. The van der Waals surface area contributed by atoms with E-state index in [9.17, 15) is 8.42 Å². The van der Waals surface area contributed by atoms with E-state index in [0.29, 0.717) is 17.4 Å². The highest BCUT2D eigenvalue weighted by Crippen LogP contribution is 2.43. The Bertz CT molecular complexity index is 1480. The highest BCUT2D eigenvalue weighted by molar-refractivity contribution is 7.90. The fourth-order valence-electron chi connectivity index (χ4n) is 7.68. The zero-order valence-electron chi connectivity index (χ0n) is 23.0. The first-order valence-electron chi connectivity index (χ1n) is 14.7. The number of likely N-dealkylation sites (tertiary alicyclic amines) is 1. The first-order valence-corrected chi connectivity index (χ1v) is 16.6. The van der Waals surface area contributed by atoms with Crippen molar-refractivity contribution in [2.24, 2.45) is 13.0 Å². The molecule has 6 nitrogen and oxygen atoms in total. The summed E-state index contributed by atoms with van der Waals surface area (Å²) in [6.07, 6.45) is 11.4. The number of sulfone groups is 1. The number of hydrogen-bond donors (Lipinski definition) is 0. The van der Waals surface area contributed by atoms with Crippen LogP contribution < -0.4 is 0 Å². The van der Waals surface area contributed by atoms with E-state index in [1.165, 1.54) is 51.3 Å². The van der Waals surface area contributed by atoms with Gasteiger partial charge in [-0.3, -0.25) is 4.90 Å². The lowest BCUT2D eigenvalue weighted by atomic mass is 9.86. The fraction of sp³-hybridized carbons (Fsp3) is 0.581. The van der Waals surface area contributed by atoms with Crippen LogP contribution in [0.1, 0.15) is 62.8 Å². The summed E-state index contributed by atoms with van der Waals surface area (Å²) in [5.74, 6) is 1.63. The standard InChI is InChI=1S/C31H39FN4O2S/c1-34-28-12-11-27(29(32)30(28)33-31(34)22-5-9-26(10-6-22)39(2,37)38)21-13-15-35(16-14-21)25-17-23-7-8-24(18-25)36(23)19-20-3-4-20/h5-6,9-12,20-21,23-25H,3-4,7-8,13-19H2,1-2H3. The van der Waals surface area contributed by atoms with Crippen molar-refractivity contribution in [1.29, 1.82) is 0 Å². The van der Waals surface area contributed by atoms with Gasteiger partial charge in [-0.1, -0.05) is 6.07 Å². The van der Waals surface area contributed by atoms with Gasteiger partial charge in [0.1, 0.15) is 11.3 Å². The van der Waals surface area contributed by atoms with Crippen molar-refractivity contribution in [1.82, 2.24) is 19.4 Å². The fourth-order valence-corrected chi connectivity index (χ4v) is 8.31. The lowest BCUT2D eigenvalue weighted by Gasteiger charge is -2.45. The topological polar surface area (TPSA) is 58.4 Å². The minimum atomic E-state index is -3.27. The Morgan fingerprint density at radius 1 is 0.897 bits per heavy atom. The summed E-state index contributed by atoms with van der Waals surface area (Å²) in [5, 5.41) is 0. The Labute approximate surface area is 231 Å². The summed E-state index contributed by atoms with van der Waals surface area (Å²) in [6, 6.07) is 12.9. The second kappa shape index (κ2) is 9.67. The molecule has 3 aromatic rings. The number of piperidine rings is 2. The summed E-state index contributed by atoms with van der Waals surface area (Å²) >= 11 is 0. The summed E-state index contributed by atoms with van der Waals surface area (Å²) in [5.41, 5.74) is 2.72. The van der Waals surface area contributed by atoms with Crippen molar-refractivity contribution in [3.05, 3.63) is 47.8 Å². The number of fused-ring (bicyclic) bond motifs is 3. The maximum absolute atomic E-state index is 15.9. The van der Waals surface area contributed by atoms with Gasteiger partial charge in [-0.2, -0.15) is 0 Å². The highest BCUT2D eigenvalue weighted by atomic mass is 32.2. The molecule has 0 spiro atoms. The van der Waals surface area contributed by atoms with Crippen LogP contribution in [0.2, 0.25) is 0 Å². The number of rotatable bonds is 6. The first-order chi connectivity index (χ1) is 18.8. The lowest BCUT2D eigenvalue weighted by molar-refractivity contribution is 0.0437. The van der Waals surface area contributed by atoms with E-state index in [1.807, 2.05) is 23.7 Å². The van der Waals surface area contributed by atoms with Gasteiger partial charge in [0.25, 0.3) is 0 Å². The molecule has 3 saturated heterocycles. The van der Waals surface area contributed by atoms with E-state index in [-0.39, 0.29) is 16.6 Å². The van der Waals surface area contributed by atoms with Gasteiger partial charge in [-0.05, 0) is 112 Å². The molecule has 1 saturated carbocycles. The average molecular weight is 551 g/mol. The zero-order chi connectivity index (χ0) is 26.9. The van der Waals surface area contributed by atoms with Gasteiger partial charge in [-0.25, -0.2) is 17.8 Å². The van der Waals surface area contributed by atoms with Crippen LogP contribution >= 0.6 is 0 Å². The van der Waals surface area contributed by atoms with E-state index >= 15 is 4.39 Å². The molecule has 7 rings (SSSR count). The average Bonchev–Trinajstić information content (AvgIpc) is 3.64. The number of benzene rings is 2. The predicted molar refractivity (Wildman–Crippen MR) is 152 cm³/mol. The van der Waals surface area contributed by atoms with E-state index in [2.05, 4.69) is 9.80 Å². The smallest absolute Gasteiger partial charge is 0.175 e. The molecule has 1 aliphatic carbocycles. The molecule has 4 fully saturated rings. The molecule has 0 N–H and O–H groups in total. The molecular formula is C31H39FN4O2S. The van der Waals surface area contributed by atoms with Gasteiger partial charge in [0.05, 0.1) is 10.4 Å². The number of halogens is 1. The normalized spacial score (nSPS) is 27.0. The molecule has 2 bridgehead atoms. The van der Waals surface area contributed by atoms with Crippen LogP contribution in [0.3, 0.4) is 0 Å². The number of hydrogen-bond acceptors (Lipinski definition) is 5. The van der Waals surface area contributed by atoms with Gasteiger partial charge >= 0.3 is 0 Å². The van der Waals surface area contributed by atoms with Crippen LogP contribution in [0, 0.1) is 11.7 Å². The minimum absolute atomic E-state index is 0.202. The minimum Gasteiger partial charge on any atom is -0.327 e. The monoisotopic (exact) mass is 550 g/mol. The van der Waals surface area contributed by atoms with Crippen molar-refractivity contribution >= 4 is 20.9 Å². The molecule has 3 aliphatic heterocycles. The van der Waals surface area contributed by atoms with Gasteiger partial charge < -0.3 is 9.47 Å². The second-order valence-electron chi connectivity index (χ2n) is 12.6. The second-order valence-corrected chi connectivity index (χ2v) is 14.6. The molecule has 2 unspecified atom stereocenters. The Kier molecular flexibility index (Phi) is 6.36. The van der Waals surface area contributed by atoms with Crippen molar-refractivity contribution < 1.29 is 12.8 Å². The quantitative estimate of drug-likeness (QED) is 0.413. The summed E-state index contributed by atoms with van der Waals surface area (Å²) in [7, 11) is -1.39. The van der Waals surface area contributed by atoms with Gasteiger partial charge in [0.2, 0.25) is 0 Å². The molecule has 4 aliphatic rings. The highest BCUT2D eigenvalue weighted by Gasteiger charge is 2.44. The Morgan fingerprint density at radius 2 is 1.56 bits per heavy atom. The van der Waals surface area contributed by atoms with Gasteiger partial charge in [0.15, 0.2) is 15.7 Å². The largest absolute Gasteiger partial charge is 0.327 e. The molecule has 0 amide bonds. The summed E-state index contributed by atoms with van der Waals surface area (Å²) in [4.78, 5) is 10.5. The van der Waals surface area contributed by atoms with Crippen LogP contribution in [-0.4, -0.2) is 71.8 Å². The van der Waals surface area contributed by atoms with E-state index in [0.717, 1.165) is 60.6 Å². The van der Waals surface area contributed by atoms with Crippen LogP contribution in [0.25, 0.3) is 22.4 Å². The summed E-state index contributed by atoms with van der Waals surface area (Å²) in [6.45, 7) is 3.44. The van der Waals surface area contributed by atoms with Gasteiger partial charge in [-0.15, -0.1) is 0 Å². The molecule has 0 radical (unpaired) electrons. The van der Waals surface area contributed by atoms with Crippen LogP contribution in [0.5, 0.6) is 0 Å². The molecule has 2 atom stereocenters. The molecule has 208 valence electrons. The molecule has 1 aromatic heterocycles. The predicted octanol–water partition coefficient (Wildman–Crippen LogP) is 5.37. The molecule has 8 heteroatoms. The number of imidazole rings is 1. The van der Waals surface area contributed by atoms with E-state index in [1.54, 1.807) is 24.3 Å². The summed E-state index contributed by atoms with van der Waals surface area (Å²) < 4.78 is 41.5. The molecule has 39 heavy (non-hydrogen) atoms. The lowest BCUT2D eigenvalue weighted by Crippen LogP contribution is -2.52. The third-order valence-electron chi connectivity index (χ3n) is 10.1. The van der Waals surface area contributed by atoms with Crippen LogP contribution in [0.15, 0.2) is 41.3 Å². The maximum atomic E-state index is 15.9. The molecule has 2 aromatic carbocycles. The molecule has 4 heterocycles. The van der Waals surface area contributed by atoms with E-state index in [4.69, 9.17) is 4.98 Å². The third-order valence-corrected chi connectivity index (χ3v) is 11.2. The van der Waals surface area contributed by atoms with Crippen LogP contribution in [0.4, 0.5) is 4.39 Å². The Hall–Kier alpha value is -2.29.